The predicted octanol–water partition coefficient (Wildman–Crippen LogP) is 1.62. The van der Waals surface area contributed by atoms with Gasteiger partial charge in [-0.1, -0.05) is 6.92 Å². The highest BCUT2D eigenvalue weighted by Gasteiger charge is 2.10. The van der Waals surface area contributed by atoms with Crippen LogP contribution in [-0.2, 0) is 11.2 Å². The van der Waals surface area contributed by atoms with E-state index >= 15 is 0 Å². The van der Waals surface area contributed by atoms with Crippen molar-refractivity contribution in [2.45, 2.75) is 13.3 Å². The molecule has 0 aromatic carbocycles. The van der Waals surface area contributed by atoms with Crippen LogP contribution in [0.4, 0.5) is 5.82 Å². The van der Waals surface area contributed by atoms with Crippen molar-refractivity contribution >= 4 is 33.8 Å². The number of aromatic nitrogens is 3. The van der Waals surface area contributed by atoms with Crippen LogP contribution in [0.15, 0.2) is 17.0 Å². The van der Waals surface area contributed by atoms with Gasteiger partial charge >= 0.3 is 0 Å². The van der Waals surface area contributed by atoms with Crippen LogP contribution in [0.2, 0.25) is 0 Å². The highest BCUT2D eigenvalue weighted by Crippen LogP contribution is 2.19. The number of carbonyl (C=O) groups excluding carboxylic acids is 1. The number of rotatable bonds is 3. The number of anilines is 1. The third-order valence-corrected chi connectivity index (χ3v) is 2.49. The third kappa shape index (κ3) is 1.72. The molecule has 0 bridgehead atoms. The summed E-state index contributed by atoms with van der Waals surface area (Å²) in [5.74, 6) is 0.700. The van der Waals surface area contributed by atoms with Crippen LogP contribution in [0.3, 0.4) is 0 Å². The topological polar surface area (TPSA) is 59.3 Å². The lowest BCUT2D eigenvalue weighted by molar-refractivity contribution is -0.105. The van der Waals surface area contributed by atoms with E-state index in [2.05, 4.69) is 31.2 Å². The molecule has 2 aromatic rings. The van der Waals surface area contributed by atoms with E-state index in [0.29, 0.717) is 16.8 Å². The van der Waals surface area contributed by atoms with Crippen molar-refractivity contribution in [3.8, 4) is 0 Å². The molecule has 1 N–H and O–H groups in total. The van der Waals surface area contributed by atoms with Crippen LogP contribution in [0.5, 0.6) is 0 Å². The maximum Gasteiger partial charge on any atom is 0.212 e. The van der Waals surface area contributed by atoms with E-state index in [1.165, 1.54) is 0 Å². The van der Waals surface area contributed by atoms with Gasteiger partial charge in [0, 0.05) is 6.20 Å². The van der Waals surface area contributed by atoms with Crippen LogP contribution in [-0.4, -0.2) is 20.8 Å². The molecule has 0 aliphatic carbocycles. The van der Waals surface area contributed by atoms with E-state index in [0.717, 1.165) is 17.8 Å². The molecule has 0 unspecified atom stereocenters. The molecule has 15 heavy (non-hydrogen) atoms. The first-order chi connectivity index (χ1) is 7.26. The van der Waals surface area contributed by atoms with Crippen molar-refractivity contribution in [2.75, 3.05) is 5.32 Å². The molecule has 78 valence electrons. The number of halogens is 1. The molecule has 2 aromatic heterocycles. The third-order valence-electron chi connectivity index (χ3n) is 2.08. The Morgan fingerprint density at radius 1 is 1.67 bits per heavy atom. The lowest BCUT2D eigenvalue weighted by atomic mass is 10.3. The fraction of sp³-hybridized carbons (Fsp3) is 0.222. The van der Waals surface area contributed by atoms with Crippen LogP contribution in [0, 0.1) is 0 Å². The lowest BCUT2D eigenvalue weighted by Crippen LogP contribution is -2.01. The average Bonchev–Trinajstić information content (AvgIpc) is 2.57. The molecular weight excluding hydrogens is 260 g/mol. The van der Waals surface area contributed by atoms with Crippen LogP contribution < -0.4 is 5.32 Å². The summed E-state index contributed by atoms with van der Waals surface area (Å²) in [5.41, 5.74) is 1.57. The Labute approximate surface area is 94.7 Å². The molecule has 1 amide bonds. The van der Waals surface area contributed by atoms with Crippen molar-refractivity contribution in [1.82, 2.24) is 14.4 Å². The van der Waals surface area contributed by atoms with Gasteiger partial charge in [0.25, 0.3) is 0 Å². The second-order valence-corrected chi connectivity index (χ2v) is 3.77. The van der Waals surface area contributed by atoms with Crippen molar-refractivity contribution in [3.05, 3.63) is 22.7 Å². The molecular formula is C9H9BrN4O. The van der Waals surface area contributed by atoms with E-state index < -0.39 is 0 Å². The normalized spacial score (nSPS) is 10.5. The van der Waals surface area contributed by atoms with Crippen LogP contribution >= 0.6 is 15.9 Å². The first-order valence-corrected chi connectivity index (χ1v) is 5.28. The molecule has 0 radical (unpaired) electrons. The summed E-state index contributed by atoms with van der Waals surface area (Å²) in [4.78, 5) is 18.9. The summed E-state index contributed by atoms with van der Waals surface area (Å²) >= 11 is 3.27. The molecule has 0 fully saturated rings. The molecule has 0 aliphatic heterocycles. The largest absolute Gasteiger partial charge is 0.313 e. The fourth-order valence-electron chi connectivity index (χ4n) is 1.43. The zero-order chi connectivity index (χ0) is 10.8. The minimum Gasteiger partial charge on any atom is -0.313 e. The quantitative estimate of drug-likeness (QED) is 0.861. The molecule has 2 rings (SSSR count). The first kappa shape index (κ1) is 10.1. The summed E-state index contributed by atoms with van der Waals surface area (Å²) in [5, 5.41) is 2.65. The summed E-state index contributed by atoms with van der Waals surface area (Å²) in [6.07, 6.45) is 4.83. The van der Waals surface area contributed by atoms with E-state index in [-0.39, 0.29) is 0 Å². The minimum absolute atomic E-state index is 0.650. The number of aryl methyl sites for hydroxylation is 1. The Balaban J connectivity index is 2.70. The Bertz CT molecular complexity index is 508. The molecule has 5 nitrogen and oxygen atoms in total. The molecule has 0 spiro atoms. The van der Waals surface area contributed by atoms with Gasteiger partial charge in [-0.25, -0.2) is 9.97 Å². The number of amides is 1. The number of nitrogens with zero attached hydrogens (tertiary/aromatic N) is 3. The van der Waals surface area contributed by atoms with Crippen molar-refractivity contribution in [2.24, 2.45) is 0 Å². The molecule has 2 heterocycles. The smallest absolute Gasteiger partial charge is 0.212 e. The zero-order valence-corrected chi connectivity index (χ0v) is 9.65. The van der Waals surface area contributed by atoms with E-state index in [1.807, 2.05) is 6.92 Å². The number of imidazole rings is 1. The monoisotopic (exact) mass is 268 g/mol. The second-order valence-electron chi connectivity index (χ2n) is 2.96. The summed E-state index contributed by atoms with van der Waals surface area (Å²) in [6.45, 7) is 1.99. The van der Waals surface area contributed by atoms with Gasteiger partial charge in [0.1, 0.15) is 10.4 Å². The molecule has 6 heteroatoms. The number of fused-ring (bicyclic) bond motifs is 1. The van der Waals surface area contributed by atoms with Gasteiger partial charge in [-0.3, -0.25) is 9.20 Å². The zero-order valence-electron chi connectivity index (χ0n) is 8.07. The average molecular weight is 269 g/mol. The predicted molar refractivity (Wildman–Crippen MR) is 59.8 cm³/mol. The number of carbonyl (C=O) groups is 1. The second kappa shape index (κ2) is 3.98. The SMILES string of the molecule is CCc1nc2cnc(Br)cn2c1NC=O. The van der Waals surface area contributed by atoms with E-state index in [1.54, 1.807) is 16.8 Å². The number of hydrogen-bond donors (Lipinski definition) is 1. The highest BCUT2D eigenvalue weighted by molar-refractivity contribution is 9.10. The standard InChI is InChI=1S/C9H9BrN4O/c1-2-6-9(12-5-15)14-4-7(10)11-3-8(14)13-6/h3-5H,2H2,1H3,(H,12,15). The lowest BCUT2D eigenvalue weighted by Gasteiger charge is -2.00. The Morgan fingerprint density at radius 3 is 3.13 bits per heavy atom. The Kier molecular flexibility index (Phi) is 2.68. The molecule has 0 atom stereocenters. The minimum atomic E-state index is 0.650. The molecule has 0 aliphatic rings. The van der Waals surface area contributed by atoms with Crippen molar-refractivity contribution < 1.29 is 4.79 Å². The number of hydrogen-bond acceptors (Lipinski definition) is 3. The van der Waals surface area contributed by atoms with Gasteiger partial charge < -0.3 is 5.32 Å². The Hall–Kier alpha value is -1.43. The van der Waals surface area contributed by atoms with Gasteiger partial charge in [0.05, 0.1) is 11.9 Å². The van der Waals surface area contributed by atoms with Crippen LogP contribution in [0.1, 0.15) is 12.6 Å². The van der Waals surface area contributed by atoms with Crippen molar-refractivity contribution in [3.63, 3.8) is 0 Å². The van der Waals surface area contributed by atoms with E-state index in [4.69, 9.17) is 0 Å². The summed E-state index contributed by atoms with van der Waals surface area (Å²) in [7, 11) is 0. The molecule has 0 saturated heterocycles. The highest BCUT2D eigenvalue weighted by atomic mass is 79.9. The molecule has 0 saturated carbocycles. The van der Waals surface area contributed by atoms with Gasteiger partial charge in [0.2, 0.25) is 6.41 Å². The van der Waals surface area contributed by atoms with Crippen LogP contribution in [0.25, 0.3) is 5.65 Å². The summed E-state index contributed by atoms with van der Waals surface area (Å²) in [6, 6.07) is 0. The first-order valence-electron chi connectivity index (χ1n) is 4.49. The fourth-order valence-corrected chi connectivity index (χ4v) is 1.74. The summed E-state index contributed by atoms with van der Waals surface area (Å²) < 4.78 is 2.49. The van der Waals surface area contributed by atoms with Crippen molar-refractivity contribution in [1.29, 1.82) is 0 Å². The maximum absolute atomic E-state index is 10.5. The van der Waals surface area contributed by atoms with Gasteiger partial charge in [-0.15, -0.1) is 0 Å². The maximum atomic E-state index is 10.5. The number of nitrogens with one attached hydrogen (secondary N) is 1. The van der Waals surface area contributed by atoms with Gasteiger partial charge in [-0.05, 0) is 22.4 Å². The van der Waals surface area contributed by atoms with E-state index in [9.17, 15) is 4.79 Å². The van der Waals surface area contributed by atoms with Gasteiger partial charge in [0.15, 0.2) is 5.65 Å². The van der Waals surface area contributed by atoms with Gasteiger partial charge in [-0.2, -0.15) is 0 Å². The Morgan fingerprint density at radius 2 is 2.47 bits per heavy atom.